The molecule has 0 saturated carbocycles. The number of halogens is 2. The maximum atomic E-state index is 10.4. The number of amides is 2. The van der Waals surface area contributed by atoms with Gasteiger partial charge in [0, 0.05) is 18.7 Å². The molecule has 0 aliphatic carbocycles. The van der Waals surface area contributed by atoms with Crippen molar-refractivity contribution in [1.29, 1.82) is 0 Å². The fraction of sp³-hybridized carbons (Fsp3) is 0.375. The smallest absolute Gasteiger partial charge is 0.318 e. The van der Waals surface area contributed by atoms with Gasteiger partial charge in [-0.3, -0.25) is 10.3 Å². The molecule has 1 rings (SSSR count). The van der Waals surface area contributed by atoms with Crippen molar-refractivity contribution in [2.75, 3.05) is 6.54 Å². The van der Waals surface area contributed by atoms with Gasteiger partial charge in [0.25, 0.3) is 0 Å². The summed E-state index contributed by atoms with van der Waals surface area (Å²) in [5.41, 5.74) is 12.2. The Morgan fingerprint density at radius 3 is 2.65 bits per heavy atom. The first-order valence-electron chi connectivity index (χ1n) is 4.45. The number of urea groups is 1. The zero-order valence-electron chi connectivity index (χ0n) is 9.27. The Bertz CT molecular complexity index is 378. The lowest BCUT2D eigenvalue weighted by Gasteiger charge is -1.99. The second kappa shape index (κ2) is 8.66. The number of nitrogens with two attached hydrogens (primary N) is 2. The number of aliphatic imine (C=N–C) groups is 1. The van der Waals surface area contributed by atoms with Crippen molar-refractivity contribution in [1.82, 2.24) is 15.3 Å². The van der Waals surface area contributed by atoms with Crippen LogP contribution in [0.25, 0.3) is 0 Å². The van der Waals surface area contributed by atoms with Gasteiger partial charge in [0.2, 0.25) is 0 Å². The summed E-state index contributed by atoms with van der Waals surface area (Å²) in [5.74, 6) is 0.0238. The molecule has 2 amide bonds. The molecule has 0 saturated heterocycles. The number of aromatic amines is 1. The largest absolute Gasteiger partial charge is 0.370 e. The number of carbonyl (C=O) groups excluding carboxylic acids is 1. The second-order valence-electron chi connectivity index (χ2n) is 2.98. The standard InChI is InChI=1S/C8H14N6O.2ClH/c1-5-6(13-4-12-5)2-3-11-7(9)14-8(10)15;;/h4H,2-3H2,1H3,(H,12,13)(H5,9,10,11,14,15);2*1H. The number of hydrogen-bond donors (Lipinski definition) is 4. The van der Waals surface area contributed by atoms with Gasteiger partial charge < -0.3 is 16.5 Å². The number of imidazole rings is 1. The number of carbonyl (C=O) groups is 1. The third kappa shape index (κ3) is 6.64. The SMILES string of the molecule is Cc1[nH]cnc1CCN=C(N)NC(N)=O.Cl.Cl. The zero-order valence-corrected chi connectivity index (χ0v) is 10.9. The molecule has 0 unspecified atom stereocenters. The molecule has 1 aromatic heterocycles. The quantitative estimate of drug-likeness (QED) is 0.464. The van der Waals surface area contributed by atoms with Gasteiger partial charge in [0.05, 0.1) is 12.0 Å². The summed E-state index contributed by atoms with van der Waals surface area (Å²) in [5, 5.41) is 2.18. The summed E-state index contributed by atoms with van der Waals surface area (Å²) in [7, 11) is 0. The van der Waals surface area contributed by atoms with E-state index in [-0.39, 0.29) is 30.8 Å². The molecular weight excluding hydrogens is 267 g/mol. The Hall–Kier alpha value is -1.47. The lowest BCUT2D eigenvalue weighted by atomic mass is 10.3. The second-order valence-corrected chi connectivity index (χ2v) is 2.98. The highest BCUT2D eigenvalue weighted by molar-refractivity contribution is 5.94. The fourth-order valence-corrected chi connectivity index (χ4v) is 1.09. The van der Waals surface area contributed by atoms with E-state index in [4.69, 9.17) is 11.5 Å². The minimum Gasteiger partial charge on any atom is -0.370 e. The number of nitrogens with zero attached hydrogens (tertiary/aromatic N) is 2. The Balaban J connectivity index is 0. The molecule has 0 spiro atoms. The number of H-pyrrole nitrogens is 1. The molecule has 98 valence electrons. The normalized spacial score (nSPS) is 10.1. The summed E-state index contributed by atoms with van der Waals surface area (Å²) in [4.78, 5) is 21.4. The molecule has 0 fully saturated rings. The molecule has 6 N–H and O–H groups in total. The van der Waals surface area contributed by atoms with E-state index in [0.717, 1.165) is 11.4 Å². The number of guanidine groups is 1. The van der Waals surface area contributed by atoms with Crippen LogP contribution in [0.4, 0.5) is 4.79 Å². The molecule has 0 radical (unpaired) electrons. The van der Waals surface area contributed by atoms with Crippen LogP contribution in [-0.4, -0.2) is 28.5 Å². The van der Waals surface area contributed by atoms with E-state index in [9.17, 15) is 4.79 Å². The predicted octanol–water partition coefficient (Wildman–Crippen LogP) is 0.0872. The first-order chi connectivity index (χ1) is 7.09. The highest BCUT2D eigenvalue weighted by Crippen LogP contribution is 2.00. The lowest BCUT2D eigenvalue weighted by molar-refractivity contribution is 0.253. The van der Waals surface area contributed by atoms with Crippen molar-refractivity contribution in [2.24, 2.45) is 16.5 Å². The van der Waals surface area contributed by atoms with Gasteiger partial charge in [-0.25, -0.2) is 9.78 Å². The monoisotopic (exact) mass is 282 g/mol. The van der Waals surface area contributed by atoms with Crippen molar-refractivity contribution < 1.29 is 4.79 Å². The number of rotatable bonds is 3. The molecular formula is C8H16Cl2N6O. The van der Waals surface area contributed by atoms with Gasteiger partial charge >= 0.3 is 6.03 Å². The van der Waals surface area contributed by atoms with Gasteiger partial charge in [-0.2, -0.15) is 0 Å². The lowest BCUT2D eigenvalue weighted by Crippen LogP contribution is -2.40. The van der Waals surface area contributed by atoms with E-state index < -0.39 is 6.03 Å². The highest BCUT2D eigenvalue weighted by atomic mass is 35.5. The topological polar surface area (TPSA) is 122 Å². The molecule has 0 aromatic carbocycles. The minimum atomic E-state index is -0.716. The average molecular weight is 283 g/mol. The fourth-order valence-electron chi connectivity index (χ4n) is 1.09. The van der Waals surface area contributed by atoms with Crippen LogP contribution < -0.4 is 16.8 Å². The Morgan fingerprint density at radius 1 is 1.53 bits per heavy atom. The number of aryl methyl sites for hydroxylation is 1. The Kier molecular flexibility index (Phi) is 9.12. The molecule has 0 bridgehead atoms. The van der Waals surface area contributed by atoms with Crippen molar-refractivity contribution in [3.8, 4) is 0 Å². The highest BCUT2D eigenvalue weighted by Gasteiger charge is 2.00. The van der Waals surface area contributed by atoms with Crippen LogP contribution in [0.1, 0.15) is 11.4 Å². The van der Waals surface area contributed by atoms with Crippen molar-refractivity contribution in [3.63, 3.8) is 0 Å². The van der Waals surface area contributed by atoms with Crippen LogP contribution in [0.5, 0.6) is 0 Å². The summed E-state index contributed by atoms with van der Waals surface area (Å²) in [6, 6.07) is -0.716. The van der Waals surface area contributed by atoms with Crippen molar-refractivity contribution in [3.05, 3.63) is 17.7 Å². The van der Waals surface area contributed by atoms with E-state index in [0.29, 0.717) is 13.0 Å². The van der Waals surface area contributed by atoms with Crippen LogP contribution >= 0.6 is 24.8 Å². The first kappa shape index (κ1) is 17.9. The summed E-state index contributed by atoms with van der Waals surface area (Å²) in [6.07, 6.45) is 2.29. The van der Waals surface area contributed by atoms with Crippen LogP contribution in [0, 0.1) is 6.92 Å². The molecule has 7 nitrogen and oxygen atoms in total. The summed E-state index contributed by atoms with van der Waals surface area (Å²) in [6.45, 7) is 2.38. The van der Waals surface area contributed by atoms with Crippen LogP contribution in [0.2, 0.25) is 0 Å². The average Bonchev–Trinajstić information content (AvgIpc) is 2.50. The summed E-state index contributed by atoms with van der Waals surface area (Å²) < 4.78 is 0. The molecule has 1 aromatic rings. The van der Waals surface area contributed by atoms with Gasteiger partial charge in [-0.1, -0.05) is 0 Å². The molecule has 0 atom stereocenters. The van der Waals surface area contributed by atoms with E-state index in [1.807, 2.05) is 6.92 Å². The van der Waals surface area contributed by atoms with Crippen LogP contribution in [0.15, 0.2) is 11.3 Å². The van der Waals surface area contributed by atoms with E-state index in [1.165, 1.54) is 0 Å². The Morgan fingerprint density at radius 2 is 2.18 bits per heavy atom. The maximum absolute atomic E-state index is 10.4. The molecule has 9 heteroatoms. The van der Waals surface area contributed by atoms with Crippen molar-refractivity contribution >= 4 is 36.8 Å². The van der Waals surface area contributed by atoms with E-state index >= 15 is 0 Å². The zero-order chi connectivity index (χ0) is 11.3. The molecule has 1 heterocycles. The third-order valence-corrected chi connectivity index (χ3v) is 1.82. The third-order valence-electron chi connectivity index (χ3n) is 1.82. The predicted molar refractivity (Wildman–Crippen MR) is 70.7 cm³/mol. The number of primary amides is 1. The summed E-state index contributed by atoms with van der Waals surface area (Å²) >= 11 is 0. The number of aromatic nitrogens is 2. The molecule has 0 aliphatic rings. The van der Waals surface area contributed by atoms with Gasteiger partial charge in [0.15, 0.2) is 5.96 Å². The molecule has 17 heavy (non-hydrogen) atoms. The first-order valence-corrected chi connectivity index (χ1v) is 4.45. The van der Waals surface area contributed by atoms with Crippen LogP contribution in [-0.2, 0) is 6.42 Å². The van der Waals surface area contributed by atoms with Gasteiger partial charge in [-0.15, -0.1) is 24.8 Å². The molecule has 0 aliphatic heterocycles. The number of nitrogens with one attached hydrogen (secondary N) is 2. The maximum Gasteiger partial charge on any atom is 0.318 e. The van der Waals surface area contributed by atoms with E-state index in [1.54, 1.807) is 6.33 Å². The minimum absolute atomic E-state index is 0. The number of hydrogen-bond acceptors (Lipinski definition) is 3. The van der Waals surface area contributed by atoms with E-state index in [2.05, 4.69) is 20.3 Å². The van der Waals surface area contributed by atoms with Gasteiger partial charge in [-0.05, 0) is 6.92 Å². The van der Waals surface area contributed by atoms with Crippen LogP contribution in [0.3, 0.4) is 0 Å². The van der Waals surface area contributed by atoms with Crippen molar-refractivity contribution in [2.45, 2.75) is 13.3 Å². The van der Waals surface area contributed by atoms with Gasteiger partial charge in [0.1, 0.15) is 0 Å². The Labute approximate surface area is 111 Å².